The molecule has 3 rings (SSSR count). The van der Waals surface area contributed by atoms with Crippen LogP contribution in [0.3, 0.4) is 0 Å². The summed E-state index contributed by atoms with van der Waals surface area (Å²) < 4.78 is 15.6. The van der Waals surface area contributed by atoms with Gasteiger partial charge in [0.1, 0.15) is 28.9 Å². The molecule has 1 N–H and O–H groups in total. The van der Waals surface area contributed by atoms with Crippen LogP contribution in [0.1, 0.15) is 16.1 Å². The number of carbonyl (C=O) groups excluding carboxylic acids is 2. The Balaban J connectivity index is 1.87. The number of hydrogen-bond donors (Lipinski definition) is 1. The first-order valence-electron chi connectivity index (χ1n) is 9.01. The SMILES string of the molecule is COC(=O)c1ccc(Cl)c(-c2ccc(/C=C(\C#N)C(=O)Nc3ccccc3OC)o2)c1. The minimum atomic E-state index is -0.615. The van der Waals surface area contributed by atoms with Gasteiger partial charge in [0.05, 0.1) is 30.5 Å². The molecule has 0 saturated heterocycles. The lowest BCUT2D eigenvalue weighted by Gasteiger charge is -2.08. The molecule has 0 radical (unpaired) electrons. The number of ether oxygens (including phenoxy) is 2. The van der Waals surface area contributed by atoms with Crippen molar-refractivity contribution >= 4 is 35.2 Å². The van der Waals surface area contributed by atoms with Gasteiger partial charge in [0.25, 0.3) is 5.91 Å². The average molecular weight is 437 g/mol. The zero-order chi connectivity index (χ0) is 22.4. The third-order valence-electron chi connectivity index (χ3n) is 4.29. The maximum Gasteiger partial charge on any atom is 0.337 e. The number of halogens is 1. The maximum atomic E-state index is 12.5. The molecule has 0 aliphatic heterocycles. The van der Waals surface area contributed by atoms with Gasteiger partial charge in [0.15, 0.2) is 0 Å². The van der Waals surface area contributed by atoms with Gasteiger partial charge in [-0.3, -0.25) is 4.79 Å². The largest absolute Gasteiger partial charge is 0.495 e. The summed E-state index contributed by atoms with van der Waals surface area (Å²) >= 11 is 6.23. The van der Waals surface area contributed by atoms with Gasteiger partial charge < -0.3 is 19.2 Å². The Hall–Kier alpha value is -4.02. The maximum absolute atomic E-state index is 12.5. The highest BCUT2D eigenvalue weighted by Crippen LogP contribution is 2.31. The molecule has 0 spiro atoms. The number of carbonyl (C=O) groups is 2. The molecule has 0 saturated carbocycles. The van der Waals surface area contributed by atoms with Crippen molar-refractivity contribution in [1.29, 1.82) is 5.26 Å². The molecule has 0 fully saturated rings. The van der Waals surface area contributed by atoms with E-state index in [1.807, 2.05) is 6.07 Å². The lowest BCUT2D eigenvalue weighted by atomic mass is 10.1. The van der Waals surface area contributed by atoms with Crippen LogP contribution in [0.4, 0.5) is 5.69 Å². The fourth-order valence-electron chi connectivity index (χ4n) is 2.76. The quantitative estimate of drug-likeness (QED) is 0.333. The Morgan fingerprint density at radius 1 is 1.13 bits per heavy atom. The Kier molecular flexibility index (Phi) is 6.75. The van der Waals surface area contributed by atoms with Crippen LogP contribution >= 0.6 is 11.6 Å². The number of methoxy groups -OCH3 is 2. The molecule has 0 aliphatic rings. The highest BCUT2D eigenvalue weighted by molar-refractivity contribution is 6.33. The number of nitriles is 1. The van der Waals surface area contributed by atoms with Crippen molar-refractivity contribution in [2.75, 3.05) is 19.5 Å². The Morgan fingerprint density at radius 2 is 1.90 bits per heavy atom. The van der Waals surface area contributed by atoms with Crippen LogP contribution in [0.25, 0.3) is 17.4 Å². The Bertz CT molecular complexity index is 1210. The van der Waals surface area contributed by atoms with Crippen molar-refractivity contribution in [1.82, 2.24) is 0 Å². The van der Waals surface area contributed by atoms with Crippen molar-refractivity contribution in [3.8, 4) is 23.1 Å². The Morgan fingerprint density at radius 3 is 2.61 bits per heavy atom. The van der Waals surface area contributed by atoms with E-state index in [-0.39, 0.29) is 11.3 Å². The fraction of sp³-hybridized carbons (Fsp3) is 0.0870. The molecule has 0 aliphatic carbocycles. The number of rotatable bonds is 6. The molecule has 0 unspecified atom stereocenters. The summed E-state index contributed by atoms with van der Waals surface area (Å²) in [5, 5.41) is 12.4. The number of hydrogen-bond acceptors (Lipinski definition) is 6. The highest BCUT2D eigenvalue weighted by atomic mass is 35.5. The first kappa shape index (κ1) is 21.7. The van der Waals surface area contributed by atoms with E-state index in [0.717, 1.165) is 0 Å². The van der Waals surface area contributed by atoms with E-state index in [1.165, 1.54) is 26.4 Å². The smallest absolute Gasteiger partial charge is 0.337 e. The van der Waals surface area contributed by atoms with Crippen molar-refractivity contribution in [3.63, 3.8) is 0 Å². The molecule has 2 aromatic carbocycles. The number of para-hydroxylation sites is 2. The fourth-order valence-corrected chi connectivity index (χ4v) is 2.97. The number of furan rings is 1. The van der Waals surface area contributed by atoms with Crippen molar-refractivity contribution in [2.45, 2.75) is 0 Å². The minimum Gasteiger partial charge on any atom is -0.495 e. The van der Waals surface area contributed by atoms with Gasteiger partial charge in [-0.2, -0.15) is 5.26 Å². The van der Waals surface area contributed by atoms with Crippen LogP contribution in [-0.4, -0.2) is 26.1 Å². The normalized spacial score (nSPS) is 10.8. The lowest BCUT2D eigenvalue weighted by Crippen LogP contribution is -2.14. The van der Waals surface area contributed by atoms with Crippen LogP contribution in [-0.2, 0) is 9.53 Å². The van der Waals surface area contributed by atoms with Gasteiger partial charge in [0.2, 0.25) is 0 Å². The molecule has 156 valence electrons. The first-order valence-corrected chi connectivity index (χ1v) is 9.39. The van der Waals surface area contributed by atoms with E-state index in [9.17, 15) is 14.9 Å². The molecule has 3 aromatic rings. The summed E-state index contributed by atoms with van der Waals surface area (Å²) in [4.78, 5) is 24.3. The van der Waals surface area contributed by atoms with Crippen LogP contribution in [0, 0.1) is 11.3 Å². The highest BCUT2D eigenvalue weighted by Gasteiger charge is 2.15. The van der Waals surface area contributed by atoms with E-state index >= 15 is 0 Å². The van der Waals surface area contributed by atoms with Crippen LogP contribution in [0.2, 0.25) is 5.02 Å². The van der Waals surface area contributed by atoms with Crippen LogP contribution in [0.5, 0.6) is 5.75 Å². The molecule has 7 nitrogen and oxygen atoms in total. The van der Waals surface area contributed by atoms with Gasteiger partial charge in [0, 0.05) is 11.6 Å². The summed E-state index contributed by atoms with van der Waals surface area (Å²) in [7, 11) is 2.77. The number of nitrogens with one attached hydrogen (secondary N) is 1. The number of nitrogens with zero attached hydrogens (tertiary/aromatic N) is 1. The summed E-state index contributed by atoms with van der Waals surface area (Å²) in [5.74, 6) is -0.0284. The van der Waals surface area contributed by atoms with Crippen molar-refractivity contribution < 1.29 is 23.5 Å². The van der Waals surface area contributed by atoms with E-state index < -0.39 is 11.9 Å². The number of amides is 1. The molecule has 0 atom stereocenters. The topological polar surface area (TPSA) is 102 Å². The third kappa shape index (κ3) is 4.94. The molecule has 1 amide bonds. The second-order valence-electron chi connectivity index (χ2n) is 6.21. The predicted octanol–water partition coefficient (Wildman–Crippen LogP) is 4.94. The number of benzene rings is 2. The standard InChI is InChI=1S/C23H17ClN2O5/c1-29-21-6-4-3-5-19(21)26-22(27)15(13-25)11-16-8-10-20(31-16)17-12-14(23(28)30-2)7-9-18(17)24/h3-12H,1-2H3,(H,26,27)/b15-11+. The third-order valence-corrected chi connectivity index (χ3v) is 4.62. The summed E-state index contributed by atoms with van der Waals surface area (Å²) in [5.41, 5.74) is 1.05. The predicted molar refractivity (Wildman–Crippen MR) is 116 cm³/mol. The molecule has 8 heteroatoms. The summed E-state index contributed by atoms with van der Waals surface area (Å²) in [6.45, 7) is 0. The van der Waals surface area contributed by atoms with E-state index in [2.05, 4.69) is 5.32 Å². The van der Waals surface area contributed by atoms with Crippen LogP contribution in [0.15, 0.2) is 64.6 Å². The monoisotopic (exact) mass is 436 g/mol. The molecule has 1 heterocycles. The van der Waals surface area contributed by atoms with Gasteiger partial charge in [-0.15, -0.1) is 0 Å². The second-order valence-corrected chi connectivity index (χ2v) is 6.62. The molecular formula is C23H17ClN2O5. The summed E-state index contributed by atoms with van der Waals surface area (Å²) in [6, 6.07) is 16.6. The average Bonchev–Trinajstić information content (AvgIpc) is 3.25. The van der Waals surface area contributed by atoms with E-state index in [4.69, 9.17) is 25.5 Å². The number of esters is 1. The lowest BCUT2D eigenvalue weighted by molar-refractivity contribution is -0.112. The van der Waals surface area contributed by atoms with Crippen molar-refractivity contribution in [2.24, 2.45) is 0 Å². The second kappa shape index (κ2) is 9.65. The van der Waals surface area contributed by atoms with E-state index in [1.54, 1.807) is 48.5 Å². The summed E-state index contributed by atoms with van der Waals surface area (Å²) in [6.07, 6.45) is 1.31. The van der Waals surface area contributed by atoms with Gasteiger partial charge >= 0.3 is 5.97 Å². The minimum absolute atomic E-state index is 0.166. The van der Waals surface area contributed by atoms with Gasteiger partial charge in [-0.1, -0.05) is 23.7 Å². The molecule has 31 heavy (non-hydrogen) atoms. The molecule has 1 aromatic heterocycles. The van der Waals surface area contributed by atoms with Gasteiger partial charge in [-0.25, -0.2) is 4.79 Å². The molecule has 0 bridgehead atoms. The first-order chi connectivity index (χ1) is 15.0. The van der Waals surface area contributed by atoms with Crippen LogP contribution < -0.4 is 10.1 Å². The zero-order valence-electron chi connectivity index (χ0n) is 16.6. The number of anilines is 1. The molecular weight excluding hydrogens is 420 g/mol. The van der Waals surface area contributed by atoms with Gasteiger partial charge in [-0.05, 0) is 42.5 Å². The van der Waals surface area contributed by atoms with E-state index in [0.29, 0.717) is 33.3 Å². The Labute approximate surface area is 183 Å². The van der Waals surface area contributed by atoms with Crippen molar-refractivity contribution in [3.05, 3.63) is 76.5 Å². The zero-order valence-corrected chi connectivity index (χ0v) is 17.4.